The fourth-order valence-corrected chi connectivity index (χ4v) is 3.13. The number of benzene rings is 1. The molecular formula is C18H20N6O2S. The lowest BCUT2D eigenvalue weighted by molar-refractivity contribution is 0.102. The molecule has 27 heavy (non-hydrogen) atoms. The fraction of sp³-hybridized carbons (Fsp3) is 0.222. The van der Waals surface area contributed by atoms with Gasteiger partial charge >= 0.3 is 6.03 Å². The highest BCUT2D eigenvalue weighted by molar-refractivity contribution is 7.13. The van der Waals surface area contributed by atoms with E-state index in [0.29, 0.717) is 17.1 Å². The largest absolute Gasteiger partial charge is 0.336 e. The predicted octanol–water partition coefficient (Wildman–Crippen LogP) is 3.33. The molecule has 0 aliphatic carbocycles. The van der Waals surface area contributed by atoms with Gasteiger partial charge in [0.05, 0.1) is 17.6 Å². The SMILES string of the molecule is CC(C)NC(=O)Nc1ccccc1NC(=O)c1csc(-c2cnn(C)c2)n1. The Morgan fingerprint density at radius 3 is 2.48 bits per heavy atom. The number of nitrogens with one attached hydrogen (secondary N) is 3. The number of rotatable bonds is 5. The maximum Gasteiger partial charge on any atom is 0.319 e. The maximum atomic E-state index is 12.6. The van der Waals surface area contributed by atoms with E-state index in [9.17, 15) is 9.59 Å². The molecule has 2 heterocycles. The van der Waals surface area contributed by atoms with E-state index in [-0.39, 0.29) is 18.0 Å². The Kier molecular flexibility index (Phi) is 5.51. The number of urea groups is 1. The number of para-hydroxylation sites is 2. The van der Waals surface area contributed by atoms with Crippen molar-refractivity contribution in [1.29, 1.82) is 0 Å². The molecule has 0 radical (unpaired) electrons. The van der Waals surface area contributed by atoms with Crippen molar-refractivity contribution in [2.24, 2.45) is 7.05 Å². The quantitative estimate of drug-likeness (QED) is 0.628. The summed E-state index contributed by atoms with van der Waals surface area (Å²) in [4.78, 5) is 28.9. The van der Waals surface area contributed by atoms with Gasteiger partial charge in [0.2, 0.25) is 0 Å². The molecule has 0 saturated carbocycles. The van der Waals surface area contributed by atoms with E-state index in [1.807, 2.05) is 27.1 Å². The molecule has 2 aromatic heterocycles. The van der Waals surface area contributed by atoms with Crippen LogP contribution in [-0.4, -0.2) is 32.7 Å². The molecule has 3 aromatic rings. The molecule has 0 unspecified atom stereocenters. The number of nitrogens with zero attached hydrogens (tertiary/aromatic N) is 3. The van der Waals surface area contributed by atoms with Crippen LogP contribution in [0.1, 0.15) is 24.3 Å². The van der Waals surface area contributed by atoms with Gasteiger partial charge in [-0.25, -0.2) is 9.78 Å². The number of hydrogen-bond donors (Lipinski definition) is 3. The van der Waals surface area contributed by atoms with Crippen LogP contribution in [0.3, 0.4) is 0 Å². The average Bonchev–Trinajstić information content (AvgIpc) is 3.24. The lowest BCUT2D eigenvalue weighted by Gasteiger charge is -2.13. The summed E-state index contributed by atoms with van der Waals surface area (Å²) >= 11 is 1.37. The number of amides is 3. The number of aromatic nitrogens is 3. The third-order valence-electron chi connectivity index (χ3n) is 3.53. The lowest BCUT2D eigenvalue weighted by Crippen LogP contribution is -2.34. The van der Waals surface area contributed by atoms with Gasteiger partial charge in [-0.05, 0) is 26.0 Å². The van der Waals surface area contributed by atoms with Crippen molar-refractivity contribution in [3.05, 3.63) is 47.7 Å². The number of hydrogen-bond acceptors (Lipinski definition) is 5. The van der Waals surface area contributed by atoms with E-state index in [1.165, 1.54) is 11.3 Å². The number of thiazole rings is 1. The zero-order valence-corrected chi connectivity index (χ0v) is 16.0. The number of aryl methyl sites for hydroxylation is 1. The normalized spacial score (nSPS) is 10.7. The minimum absolute atomic E-state index is 0.00709. The van der Waals surface area contributed by atoms with E-state index in [1.54, 1.807) is 40.5 Å². The van der Waals surface area contributed by atoms with Gasteiger partial charge in [-0.15, -0.1) is 11.3 Å². The maximum absolute atomic E-state index is 12.6. The van der Waals surface area contributed by atoms with E-state index < -0.39 is 0 Å². The number of anilines is 2. The Morgan fingerprint density at radius 2 is 1.85 bits per heavy atom. The van der Waals surface area contributed by atoms with Crippen LogP contribution in [0.2, 0.25) is 0 Å². The van der Waals surface area contributed by atoms with Crippen LogP contribution < -0.4 is 16.0 Å². The second kappa shape index (κ2) is 8.00. The molecule has 0 saturated heterocycles. The van der Waals surface area contributed by atoms with Crippen LogP contribution in [0.4, 0.5) is 16.2 Å². The summed E-state index contributed by atoms with van der Waals surface area (Å²) in [6.45, 7) is 3.74. The lowest BCUT2D eigenvalue weighted by atomic mass is 10.2. The molecule has 8 nitrogen and oxygen atoms in total. The molecule has 0 aliphatic heterocycles. The van der Waals surface area contributed by atoms with Crippen LogP contribution in [0.15, 0.2) is 42.0 Å². The Morgan fingerprint density at radius 1 is 1.15 bits per heavy atom. The van der Waals surface area contributed by atoms with Crippen LogP contribution in [0.5, 0.6) is 0 Å². The van der Waals surface area contributed by atoms with Crippen molar-refractivity contribution in [1.82, 2.24) is 20.1 Å². The number of carbonyl (C=O) groups is 2. The molecule has 3 N–H and O–H groups in total. The fourth-order valence-electron chi connectivity index (χ4n) is 2.35. The molecule has 1 aromatic carbocycles. The summed E-state index contributed by atoms with van der Waals surface area (Å²) in [5.74, 6) is -0.347. The van der Waals surface area contributed by atoms with E-state index in [4.69, 9.17) is 0 Å². The summed E-state index contributed by atoms with van der Waals surface area (Å²) in [6.07, 6.45) is 3.54. The van der Waals surface area contributed by atoms with E-state index >= 15 is 0 Å². The van der Waals surface area contributed by atoms with Gasteiger partial charge in [0, 0.05) is 30.2 Å². The highest BCUT2D eigenvalue weighted by Gasteiger charge is 2.15. The second-order valence-corrected chi connectivity index (χ2v) is 7.05. The third-order valence-corrected chi connectivity index (χ3v) is 4.42. The topological polar surface area (TPSA) is 101 Å². The van der Waals surface area contributed by atoms with E-state index in [2.05, 4.69) is 26.0 Å². The highest BCUT2D eigenvalue weighted by Crippen LogP contribution is 2.25. The zero-order chi connectivity index (χ0) is 19.4. The second-order valence-electron chi connectivity index (χ2n) is 6.19. The minimum Gasteiger partial charge on any atom is -0.336 e. The van der Waals surface area contributed by atoms with Crippen LogP contribution in [0, 0.1) is 0 Å². The molecule has 9 heteroatoms. The molecule has 3 amide bonds. The van der Waals surface area contributed by atoms with Gasteiger partial charge in [0.1, 0.15) is 10.7 Å². The molecule has 140 valence electrons. The smallest absolute Gasteiger partial charge is 0.319 e. The van der Waals surface area contributed by atoms with Gasteiger partial charge in [-0.2, -0.15) is 5.10 Å². The minimum atomic E-state index is -0.347. The van der Waals surface area contributed by atoms with Gasteiger partial charge in [-0.3, -0.25) is 9.48 Å². The van der Waals surface area contributed by atoms with Gasteiger partial charge in [-0.1, -0.05) is 12.1 Å². The summed E-state index contributed by atoms with van der Waals surface area (Å²) in [7, 11) is 1.82. The Bertz CT molecular complexity index is 962. The molecule has 3 rings (SSSR count). The molecule has 0 fully saturated rings. The monoisotopic (exact) mass is 384 g/mol. The van der Waals surface area contributed by atoms with Crippen molar-refractivity contribution in [3.8, 4) is 10.6 Å². The molecular weight excluding hydrogens is 364 g/mol. The number of carbonyl (C=O) groups excluding carboxylic acids is 2. The van der Waals surface area contributed by atoms with Gasteiger partial charge < -0.3 is 16.0 Å². The summed E-state index contributed by atoms with van der Waals surface area (Å²) in [5, 5.41) is 14.8. The van der Waals surface area contributed by atoms with Crippen molar-refractivity contribution in [2.75, 3.05) is 10.6 Å². The third kappa shape index (κ3) is 4.70. The summed E-state index contributed by atoms with van der Waals surface area (Å²) in [6, 6.07) is 6.68. The van der Waals surface area contributed by atoms with Crippen molar-refractivity contribution < 1.29 is 9.59 Å². The van der Waals surface area contributed by atoms with Crippen LogP contribution in [0.25, 0.3) is 10.6 Å². The Labute approximate surface area is 160 Å². The molecule has 0 atom stereocenters. The summed E-state index contributed by atoms with van der Waals surface area (Å²) < 4.78 is 1.68. The van der Waals surface area contributed by atoms with Crippen LogP contribution >= 0.6 is 11.3 Å². The molecule has 0 spiro atoms. The van der Waals surface area contributed by atoms with Crippen LogP contribution in [-0.2, 0) is 7.05 Å². The first kappa shape index (κ1) is 18.6. The van der Waals surface area contributed by atoms with Crippen molar-refractivity contribution in [3.63, 3.8) is 0 Å². The molecule has 0 aliphatic rings. The van der Waals surface area contributed by atoms with Crippen molar-refractivity contribution in [2.45, 2.75) is 19.9 Å². The first-order valence-corrected chi connectivity index (χ1v) is 9.23. The predicted molar refractivity (Wildman–Crippen MR) is 106 cm³/mol. The Balaban J connectivity index is 1.73. The summed E-state index contributed by atoms with van der Waals surface area (Å²) in [5.41, 5.74) is 2.17. The van der Waals surface area contributed by atoms with Crippen molar-refractivity contribution >= 4 is 34.6 Å². The Hall–Kier alpha value is -3.20. The first-order chi connectivity index (χ1) is 12.9. The standard InChI is InChI=1S/C18H20N6O2S/c1-11(2)20-18(26)23-14-7-5-4-6-13(14)21-16(25)15-10-27-17(22-15)12-8-19-24(3)9-12/h4-11H,1-3H3,(H,21,25)(H2,20,23,26). The average molecular weight is 384 g/mol. The van der Waals surface area contributed by atoms with Gasteiger partial charge in [0.25, 0.3) is 5.91 Å². The van der Waals surface area contributed by atoms with E-state index in [0.717, 1.165) is 10.6 Å². The van der Waals surface area contributed by atoms with Gasteiger partial charge in [0.15, 0.2) is 0 Å². The first-order valence-electron chi connectivity index (χ1n) is 8.35. The molecule has 0 bridgehead atoms. The highest BCUT2D eigenvalue weighted by atomic mass is 32.1. The zero-order valence-electron chi connectivity index (χ0n) is 15.2.